The van der Waals surface area contributed by atoms with Crippen LogP contribution in [0.4, 0.5) is 0 Å². The van der Waals surface area contributed by atoms with Gasteiger partial charge in [-0.15, -0.1) is 0 Å². The van der Waals surface area contributed by atoms with Gasteiger partial charge in [-0.2, -0.15) is 0 Å². The first-order valence-electron chi connectivity index (χ1n) is 6.85. The Bertz CT molecular complexity index is 622. The molecule has 2 rings (SSSR count). The van der Waals surface area contributed by atoms with Gasteiger partial charge in [-0.25, -0.2) is 18.1 Å². The molecule has 0 saturated carbocycles. The summed E-state index contributed by atoms with van der Waals surface area (Å²) in [6.07, 6.45) is 1.47. The molecule has 0 radical (unpaired) electrons. The molecule has 1 aliphatic heterocycles. The van der Waals surface area contributed by atoms with Gasteiger partial charge in [-0.3, -0.25) is 0 Å². The van der Waals surface area contributed by atoms with Crippen molar-refractivity contribution in [2.24, 2.45) is 0 Å². The van der Waals surface area contributed by atoms with Crippen molar-refractivity contribution < 1.29 is 8.42 Å². The van der Waals surface area contributed by atoms with Crippen molar-refractivity contribution in [1.29, 1.82) is 0 Å². The van der Waals surface area contributed by atoms with Crippen molar-refractivity contribution in [1.82, 2.24) is 15.0 Å². The lowest BCUT2D eigenvalue weighted by atomic mass is 9.80. The van der Waals surface area contributed by atoms with Gasteiger partial charge in [-0.1, -0.05) is 22.9 Å². The van der Waals surface area contributed by atoms with Crippen molar-refractivity contribution in [3.63, 3.8) is 0 Å². The number of thiazole rings is 1. The van der Waals surface area contributed by atoms with Gasteiger partial charge in [0, 0.05) is 17.1 Å². The first-order valence-corrected chi connectivity index (χ1v) is 9.53. The number of rotatable bonds is 3. The van der Waals surface area contributed by atoms with E-state index in [4.69, 9.17) is 11.6 Å². The molecule has 21 heavy (non-hydrogen) atoms. The first-order chi connectivity index (χ1) is 9.40. The molecule has 0 spiro atoms. The zero-order chi connectivity index (χ0) is 16.1. The summed E-state index contributed by atoms with van der Waals surface area (Å²) in [5.41, 5.74) is 0.218. The van der Waals surface area contributed by atoms with E-state index < -0.39 is 10.0 Å². The van der Waals surface area contributed by atoms with Crippen LogP contribution in [0.3, 0.4) is 0 Å². The van der Waals surface area contributed by atoms with Gasteiger partial charge >= 0.3 is 0 Å². The molecule has 0 aromatic carbocycles. The number of halogens is 1. The monoisotopic (exact) mass is 351 g/mol. The Morgan fingerprint density at radius 1 is 1.29 bits per heavy atom. The highest BCUT2D eigenvalue weighted by molar-refractivity contribution is 7.91. The highest BCUT2D eigenvalue weighted by Gasteiger charge is 2.39. The summed E-state index contributed by atoms with van der Waals surface area (Å²) in [4.78, 5) is 3.98. The normalized spacial score (nSPS) is 22.4. The predicted molar refractivity (Wildman–Crippen MR) is 86.5 cm³/mol. The lowest BCUT2D eigenvalue weighted by molar-refractivity contribution is 0.157. The molecular weight excluding hydrogens is 330 g/mol. The Labute approximate surface area is 135 Å². The van der Waals surface area contributed by atoms with Crippen LogP contribution >= 0.6 is 22.9 Å². The summed E-state index contributed by atoms with van der Waals surface area (Å²) in [7, 11) is -3.58. The van der Waals surface area contributed by atoms with Crippen LogP contribution in [-0.2, 0) is 10.0 Å². The molecule has 1 saturated heterocycles. The third-order valence-electron chi connectivity index (χ3n) is 3.48. The van der Waals surface area contributed by atoms with Crippen molar-refractivity contribution in [3.05, 3.63) is 10.2 Å². The topological polar surface area (TPSA) is 71.1 Å². The molecule has 1 aromatic rings. The third-order valence-corrected chi connectivity index (χ3v) is 6.88. The summed E-state index contributed by atoms with van der Waals surface area (Å²) in [6, 6.07) is -0.110. The molecule has 1 aliphatic rings. The van der Waals surface area contributed by atoms with Crippen LogP contribution in [0.2, 0.25) is 4.47 Å². The number of nitrogens with zero attached hydrogens (tertiary/aromatic N) is 1. The molecule has 8 heteroatoms. The molecule has 5 nitrogen and oxygen atoms in total. The number of sulfonamides is 1. The molecule has 120 valence electrons. The zero-order valence-electron chi connectivity index (χ0n) is 12.9. The maximum absolute atomic E-state index is 12.5. The summed E-state index contributed by atoms with van der Waals surface area (Å²) >= 11 is 6.81. The number of aryl methyl sites for hydroxylation is 1. The molecule has 1 aromatic heterocycles. The van der Waals surface area contributed by atoms with Gasteiger partial charge in [0.2, 0.25) is 0 Å². The fourth-order valence-electron chi connectivity index (χ4n) is 3.28. The van der Waals surface area contributed by atoms with Crippen molar-refractivity contribution in [3.8, 4) is 0 Å². The van der Waals surface area contributed by atoms with E-state index in [1.807, 2.05) is 0 Å². The van der Waals surface area contributed by atoms with Gasteiger partial charge in [0.05, 0.1) is 5.69 Å². The van der Waals surface area contributed by atoms with Crippen LogP contribution in [0.25, 0.3) is 0 Å². The molecule has 0 aliphatic carbocycles. The number of hydrogen-bond acceptors (Lipinski definition) is 5. The summed E-state index contributed by atoms with van der Waals surface area (Å²) in [5.74, 6) is 0. The lowest BCUT2D eigenvalue weighted by Crippen LogP contribution is -2.62. The zero-order valence-corrected chi connectivity index (χ0v) is 15.3. The molecule has 0 unspecified atom stereocenters. The largest absolute Gasteiger partial charge is 0.307 e. The highest BCUT2D eigenvalue weighted by atomic mass is 35.5. The fourth-order valence-corrected chi connectivity index (χ4v) is 6.27. The standard InChI is InChI=1S/C13H22ClN3O2S2/c1-8-10(20-11(14)15-8)21(18,19)16-9-6-12(2,3)17-13(4,5)7-9/h9,16-17H,6-7H2,1-5H3. The third kappa shape index (κ3) is 4.16. The number of nitrogens with one attached hydrogen (secondary N) is 2. The number of hydrogen-bond donors (Lipinski definition) is 2. The maximum Gasteiger partial charge on any atom is 0.252 e. The van der Waals surface area contributed by atoms with Crippen LogP contribution in [0.1, 0.15) is 46.2 Å². The van der Waals surface area contributed by atoms with Crippen LogP contribution in [0.15, 0.2) is 4.21 Å². The maximum atomic E-state index is 12.5. The SMILES string of the molecule is Cc1nc(Cl)sc1S(=O)(=O)NC1CC(C)(C)NC(C)(C)C1. The summed E-state index contributed by atoms with van der Waals surface area (Å²) in [5, 5.41) is 3.54. The van der Waals surface area contributed by atoms with Crippen LogP contribution < -0.4 is 10.0 Å². The van der Waals surface area contributed by atoms with Gasteiger partial charge in [0.15, 0.2) is 8.68 Å². The highest BCUT2D eigenvalue weighted by Crippen LogP contribution is 2.31. The Morgan fingerprint density at radius 2 is 1.81 bits per heavy atom. The fraction of sp³-hybridized carbons (Fsp3) is 0.769. The van der Waals surface area contributed by atoms with E-state index in [0.717, 1.165) is 24.2 Å². The van der Waals surface area contributed by atoms with E-state index in [9.17, 15) is 8.42 Å². The average Bonchev–Trinajstić information content (AvgIpc) is 2.52. The number of aromatic nitrogens is 1. The van der Waals surface area contributed by atoms with E-state index >= 15 is 0 Å². The Morgan fingerprint density at radius 3 is 2.24 bits per heavy atom. The van der Waals surface area contributed by atoms with Crippen LogP contribution in [-0.4, -0.2) is 30.5 Å². The van der Waals surface area contributed by atoms with Gasteiger partial charge in [0.25, 0.3) is 10.0 Å². The molecule has 2 heterocycles. The van der Waals surface area contributed by atoms with E-state index in [1.54, 1.807) is 6.92 Å². The van der Waals surface area contributed by atoms with E-state index in [-0.39, 0.29) is 25.8 Å². The van der Waals surface area contributed by atoms with E-state index in [2.05, 4.69) is 42.7 Å². The van der Waals surface area contributed by atoms with Crippen molar-refractivity contribution in [2.45, 2.75) is 68.8 Å². The van der Waals surface area contributed by atoms with Gasteiger partial charge < -0.3 is 5.32 Å². The molecule has 0 atom stereocenters. The number of piperidine rings is 1. The Balaban J connectivity index is 2.22. The molecule has 0 amide bonds. The molecular formula is C13H22ClN3O2S2. The average molecular weight is 352 g/mol. The van der Waals surface area contributed by atoms with Gasteiger partial charge in [-0.05, 0) is 47.5 Å². The minimum atomic E-state index is -3.58. The predicted octanol–water partition coefficient (Wildman–Crippen LogP) is 2.69. The van der Waals surface area contributed by atoms with Crippen molar-refractivity contribution in [2.75, 3.05) is 0 Å². The van der Waals surface area contributed by atoms with Gasteiger partial charge in [0.1, 0.15) is 0 Å². The van der Waals surface area contributed by atoms with Crippen LogP contribution in [0.5, 0.6) is 0 Å². The summed E-state index contributed by atoms with van der Waals surface area (Å²) < 4.78 is 28.4. The smallest absolute Gasteiger partial charge is 0.252 e. The lowest BCUT2D eigenvalue weighted by Gasteiger charge is -2.46. The van der Waals surface area contributed by atoms with E-state index in [1.165, 1.54) is 0 Å². The second-order valence-corrected chi connectivity index (χ2v) is 10.4. The minimum absolute atomic E-state index is 0.110. The second kappa shape index (κ2) is 5.45. The Kier molecular flexibility index (Phi) is 4.45. The second-order valence-electron chi connectivity index (χ2n) is 6.96. The van der Waals surface area contributed by atoms with E-state index in [0.29, 0.717) is 5.69 Å². The molecule has 1 fully saturated rings. The minimum Gasteiger partial charge on any atom is -0.307 e. The first kappa shape index (κ1) is 17.1. The Hall–Kier alpha value is -0.210. The molecule has 0 bridgehead atoms. The van der Waals surface area contributed by atoms with Crippen molar-refractivity contribution >= 4 is 33.0 Å². The molecule has 2 N–H and O–H groups in total. The quantitative estimate of drug-likeness (QED) is 0.878. The van der Waals surface area contributed by atoms with Crippen LogP contribution in [0, 0.1) is 6.92 Å². The summed E-state index contributed by atoms with van der Waals surface area (Å²) in [6.45, 7) is 10.0.